The first-order chi connectivity index (χ1) is 7.16. The highest BCUT2D eigenvalue weighted by Gasteiger charge is 2.14. The Morgan fingerprint density at radius 1 is 1.20 bits per heavy atom. The normalized spacial score (nSPS) is 17.1. The molecule has 78 valence electrons. The highest BCUT2D eigenvalue weighted by molar-refractivity contribution is 6.32. The molecule has 1 saturated heterocycles. The maximum absolute atomic E-state index is 11.2. The van der Waals surface area contributed by atoms with Gasteiger partial charge in [0.1, 0.15) is 7.85 Å². The molecule has 2 rings (SSSR count). The SMILES string of the molecule is [B]c1c(CN2CCCC2)[nH]c(=O)[nH]c1=O. The van der Waals surface area contributed by atoms with Gasteiger partial charge in [0.05, 0.1) is 0 Å². The van der Waals surface area contributed by atoms with Gasteiger partial charge in [-0.2, -0.15) is 0 Å². The van der Waals surface area contributed by atoms with Crippen LogP contribution in [0, 0.1) is 0 Å². The Hall–Kier alpha value is -1.30. The summed E-state index contributed by atoms with van der Waals surface area (Å²) in [7, 11) is 5.59. The van der Waals surface area contributed by atoms with Crippen molar-refractivity contribution in [2.75, 3.05) is 13.1 Å². The second-order valence-electron chi connectivity index (χ2n) is 3.78. The van der Waals surface area contributed by atoms with Crippen LogP contribution >= 0.6 is 0 Å². The fraction of sp³-hybridized carbons (Fsp3) is 0.556. The number of aromatic nitrogens is 2. The number of likely N-dealkylation sites (tertiary alicyclic amines) is 1. The average Bonchev–Trinajstić information content (AvgIpc) is 2.66. The second kappa shape index (κ2) is 4.06. The lowest BCUT2D eigenvalue weighted by molar-refractivity contribution is 0.327. The van der Waals surface area contributed by atoms with Crippen molar-refractivity contribution in [3.05, 3.63) is 26.5 Å². The number of nitrogens with zero attached hydrogens (tertiary/aromatic N) is 1. The molecule has 0 atom stereocenters. The molecule has 5 nitrogen and oxygen atoms in total. The predicted molar refractivity (Wildman–Crippen MR) is 57.6 cm³/mol. The Morgan fingerprint density at radius 2 is 1.87 bits per heavy atom. The molecule has 2 radical (unpaired) electrons. The average molecular weight is 205 g/mol. The topological polar surface area (TPSA) is 69.0 Å². The number of hydrogen-bond donors (Lipinski definition) is 2. The minimum Gasteiger partial charge on any atom is -0.311 e. The molecule has 1 fully saturated rings. The third-order valence-corrected chi connectivity index (χ3v) is 2.64. The molecule has 0 saturated carbocycles. The predicted octanol–water partition coefficient (Wildman–Crippen LogP) is -1.55. The molecular weight excluding hydrogens is 193 g/mol. The Morgan fingerprint density at radius 3 is 2.53 bits per heavy atom. The summed E-state index contributed by atoms with van der Waals surface area (Å²) in [6.45, 7) is 2.54. The van der Waals surface area contributed by atoms with E-state index in [1.54, 1.807) is 0 Å². The number of H-pyrrole nitrogens is 2. The maximum atomic E-state index is 11.2. The van der Waals surface area contributed by atoms with Crippen LogP contribution in [0.25, 0.3) is 0 Å². The summed E-state index contributed by atoms with van der Waals surface area (Å²) in [5.41, 5.74) is -0.372. The number of aromatic amines is 2. The van der Waals surface area contributed by atoms with Crippen LogP contribution in [-0.4, -0.2) is 35.8 Å². The van der Waals surface area contributed by atoms with Crippen molar-refractivity contribution in [2.24, 2.45) is 0 Å². The molecule has 1 aromatic rings. The Bertz CT molecular complexity index is 459. The minimum atomic E-state index is -0.507. The number of rotatable bonds is 2. The fourth-order valence-electron chi connectivity index (χ4n) is 1.83. The molecule has 0 spiro atoms. The highest BCUT2D eigenvalue weighted by Crippen LogP contribution is 2.08. The number of hydrogen-bond acceptors (Lipinski definition) is 3. The monoisotopic (exact) mass is 205 g/mol. The van der Waals surface area contributed by atoms with E-state index in [4.69, 9.17) is 7.85 Å². The van der Waals surface area contributed by atoms with E-state index in [-0.39, 0.29) is 5.46 Å². The highest BCUT2D eigenvalue weighted by atomic mass is 16.2. The third-order valence-electron chi connectivity index (χ3n) is 2.64. The van der Waals surface area contributed by atoms with Crippen molar-refractivity contribution in [1.29, 1.82) is 0 Å². The Labute approximate surface area is 87.9 Å². The van der Waals surface area contributed by atoms with Gasteiger partial charge >= 0.3 is 5.69 Å². The van der Waals surface area contributed by atoms with Gasteiger partial charge in [-0.25, -0.2) is 4.79 Å². The van der Waals surface area contributed by atoms with Gasteiger partial charge in [-0.3, -0.25) is 14.7 Å². The summed E-state index contributed by atoms with van der Waals surface area (Å²) >= 11 is 0. The molecule has 0 aliphatic carbocycles. The van der Waals surface area contributed by atoms with Crippen LogP contribution in [0.2, 0.25) is 0 Å². The van der Waals surface area contributed by atoms with Crippen LogP contribution in [0.15, 0.2) is 9.59 Å². The van der Waals surface area contributed by atoms with Crippen LogP contribution in [0.1, 0.15) is 18.5 Å². The lowest BCUT2D eigenvalue weighted by Crippen LogP contribution is -2.40. The second-order valence-corrected chi connectivity index (χ2v) is 3.78. The first kappa shape index (κ1) is 10.2. The molecule has 1 aromatic heterocycles. The molecular formula is C9H12BN3O2. The van der Waals surface area contributed by atoms with Crippen molar-refractivity contribution in [2.45, 2.75) is 19.4 Å². The molecule has 0 aromatic carbocycles. The van der Waals surface area contributed by atoms with E-state index in [0.29, 0.717) is 12.2 Å². The van der Waals surface area contributed by atoms with Gasteiger partial charge < -0.3 is 4.98 Å². The summed E-state index contributed by atoms with van der Waals surface area (Å²) < 4.78 is 0. The van der Waals surface area contributed by atoms with Crippen molar-refractivity contribution in [1.82, 2.24) is 14.9 Å². The van der Waals surface area contributed by atoms with Crippen LogP contribution in [-0.2, 0) is 6.54 Å². The van der Waals surface area contributed by atoms with Crippen LogP contribution in [0.5, 0.6) is 0 Å². The summed E-state index contributed by atoms with van der Waals surface area (Å²) in [6, 6.07) is 0. The van der Waals surface area contributed by atoms with Gasteiger partial charge in [0.15, 0.2) is 0 Å². The molecule has 2 heterocycles. The van der Waals surface area contributed by atoms with Crippen molar-refractivity contribution in [3.8, 4) is 0 Å². The largest absolute Gasteiger partial charge is 0.325 e. The molecule has 2 N–H and O–H groups in total. The minimum absolute atomic E-state index is 0.113. The van der Waals surface area contributed by atoms with Gasteiger partial charge in [-0.15, -0.1) is 0 Å². The third kappa shape index (κ3) is 2.20. The van der Waals surface area contributed by atoms with E-state index in [1.165, 1.54) is 0 Å². The summed E-state index contributed by atoms with van der Waals surface area (Å²) in [6.07, 6.45) is 2.32. The molecule has 15 heavy (non-hydrogen) atoms. The van der Waals surface area contributed by atoms with Crippen LogP contribution in [0.4, 0.5) is 0 Å². The van der Waals surface area contributed by atoms with Gasteiger partial charge in [-0.05, 0) is 31.4 Å². The quantitative estimate of drug-likeness (QED) is 0.574. The fourth-order valence-corrected chi connectivity index (χ4v) is 1.83. The van der Waals surface area contributed by atoms with Gasteiger partial charge in [0.25, 0.3) is 0 Å². The van der Waals surface area contributed by atoms with Gasteiger partial charge in [0.2, 0.25) is 5.56 Å². The molecule has 0 bridgehead atoms. The lowest BCUT2D eigenvalue weighted by atomic mass is 9.95. The standard InChI is InChI=1S/C9H12BN3O2/c10-7-6(5-13-3-1-2-4-13)11-9(15)12-8(7)14/h1-5H2,(H2,11,12,14,15). The zero-order valence-corrected chi connectivity index (χ0v) is 8.38. The van der Waals surface area contributed by atoms with Crippen LogP contribution < -0.4 is 16.7 Å². The first-order valence-electron chi connectivity index (χ1n) is 5.00. The Kier molecular flexibility index (Phi) is 2.77. The number of nitrogens with one attached hydrogen (secondary N) is 2. The van der Waals surface area contributed by atoms with Crippen LogP contribution in [0.3, 0.4) is 0 Å². The molecule has 1 aliphatic rings. The summed E-state index contributed by atoms with van der Waals surface area (Å²) in [5, 5.41) is 0. The van der Waals surface area contributed by atoms with E-state index in [0.717, 1.165) is 25.9 Å². The zero-order valence-electron chi connectivity index (χ0n) is 8.38. The smallest absolute Gasteiger partial charge is 0.311 e. The first-order valence-corrected chi connectivity index (χ1v) is 5.00. The molecule has 0 unspecified atom stereocenters. The molecule has 6 heteroatoms. The van der Waals surface area contributed by atoms with Gasteiger partial charge in [0, 0.05) is 12.2 Å². The van der Waals surface area contributed by atoms with Crippen molar-refractivity contribution < 1.29 is 0 Å². The lowest BCUT2D eigenvalue weighted by Gasteiger charge is -2.15. The van der Waals surface area contributed by atoms with Crippen molar-refractivity contribution in [3.63, 3.8) is 0 Å². The zero-order chi connectivity index (χ0) is 10.8. The Balaban J connectivity index is 2.27. The summed E-state index contributed by atoms with van der Waals surface area (Å²) in [4.78, 5) is 29.1. The summed E-state index contributed by atoms with van der Waals surface area (Å²) in [5.74, 6) is 0. The van der Waals surface area contributed by atoms with E-state index in [2.05, 4.69) is 14.9 Å². The van der Waals surface area contributed by atoms with E-state index in [1.807, 2.05) is 0 Å². The van der Waals surface area contributed by atoms with E-state index < -0.39 is 11.2 Å². The van der Waals surface area contributed by atoms with E-state index in [9.17, 15) is 9.59 Å². The maximum Gasteiger partial charge on any atom is 0.325 e. The van der Waals surface area contributed by atoms with E-state index >= 15 is 0 Å². The van der Waals surface area contributed by atoms with Gasteiger partial charge in [-0.1, -0.05) is 0 Å². The van der Waals surface area contributed by atoms with Crippen molar-refractivity contribution >= 4 is 13.3 Å². The molecule has 0 amide bonds. The molecule has 1 aliphatic heterocycles.